The third-order valence-corrected chi connectivity index (χ3v) is 6.02. The Labute approximate surface area is 199 Å². The number of rotatable bonds is 4. The predicted octanol–water partition coefficient (Wildman–Crippen LogP) is 2.94. The van der Waals surface area contributed by atoms with Crippen LogP contribution in [0.5, 0.6) is 0 Å². The Morgan fingerprint density at radius 2 is 1.68 bits per heavy atom. The first kappa shape index (κ1) is 24.8. The summed E-state index contributed by atoms with van der Waals surface area (Å²) in [5.41, 5.74) is 6.33. The van der Waals surface area contributed by atoms with Crippen molar-refractivity contribution in [2.24, 2.45) is 0 Å². The molecule has 4 rings (SSSR count). The monoisotopic (exact) mass is 465 g/mol. The molecule has 180 valence electrons. The summed E-state index contributed by atoms with van der Waals surface area (Å²) in [5.74, 6) is -3.44. The zero-order chi connectivity index (χ0) is 24.7. The van der Waals surface area contributed by atoms with Crippen molar-refractivity contribution in [3.8, 4) is 0 Å². The van der Waals surface area contributed by atoms with Crippen molar-refractivity contribution in [2.75, 3.05) is 43.0 Å². The van der Waals surface area contributed by atoms with E-state index in [4.69, 9.17) is 19.8 Å². The van der Waals surface area contributed by atoms with Crippen molar-refractivity contribution >= 4 is 29.2 Å². The van der Waals surface area contributed by atoms with Crippen LogP contribution in [0, 0.1) is 6.92 Å². The second-order valence-electron chi connectivity index (χ2n) is 8.48. The highest BCUT2D eigenvalue weighted by Gasteiger charge is 2.20. The molecule has 2 N–H and O–H groups in total. The Morgan fingerprint density at radius 1 is 0.971 bits per heavy atom. The van der Waals surface area contributed by atoms with E-state index in [-0.39, 0.29) is 5.91 Å². The number of carboxylic acids is 2. The average Bonchev–Trinajstić information content (AvgIpc) is 2.82. The van der Waals surface area contributed by atoms with Crippen LogP contribution in [0.2, 0.25) is 0 Å². The van der Waals surface area contributed by atoms with Gasteiger partial charge in [-0.15, -0.1) is 0 Å². The van der Waals surface area contributed by atoms with Gasteiger partial charge in [0, 0.05) is 51.0 Å². The van der Waals surface area contributed by atoms with Crippen LogP contribution in [0.3, 0.4) is 0 Å². The molecule has 0 atom stereocenters. The second kappa shape index (κ2) is 11.4. The zero-order valence-electron chi connectivity index (χ0n) is 19.6. The summed E-state index contributed by atoms with van der Waals surface area (Å²) >= 11 is 0. The maximum absolute atomic E-state index is 11.8. The number of piperazine rings is 1. The highest BCUT2D eigenvalue weighted by atomic mass is 16.4. The van der Waals surface area contributed by atoms with E-state index >= 15 is 0 Å². The number of anilines is 2. The highest BCUT2D eigenvalue weighted by Crippen LogP contribution is 2.27. The van der Waals surface area contributed by atoms with Gasteiger partial charge in [0.1, 0.15) is 0 Å². The summed E-state index contributed by atoms with van der Waals surface area (Å²) in [6, 6.07) is 15.3. The third-order valence-electron chi connectivity index (χ3n) is 6.02. The molecule has 2 aromatic carbocycles. The largest absolute Gasteiger partial charge is 0.473 e. The highest BCUT2D eigenvalue weighted by molar-refractivity contribution is 6.27. The van der Waals surface area contributed by atoms with Gasteiger partial charge in [0.2, 0.25) is 5.91 Å². The molecule has 0 aliphatic carbocycles. The maximum atomic E-state index is 11.8. The Kier molecular flexibility index (Phi) is 8.29. The van der Waals surface area contributed by atoms with Gasteiger partial charge in [-0.3, -0.25) is 4.79 Å². The van der Waals surface area contributed by atoms with Gasteiger partial charge in [-0.25, -0.2) is 9.59 Å². The van der Waals surface area contributed by atoms with E-state index in [9.17, 15) is 4.79 Å². The summed E-state index contributed by atoms with van der Waals surface area (Å²) in [6.45, 7) is 6.39. The number of carbonyl (C=O) groups is 3. The van der Waals surface area contributed by atoms with Crippen molar-refractivity contribution in [1.82, 2.24) is 4.90 Å². The van der Waals surface area contributed by atoms with E-state index in [2.05, 4.69) is 71.5 Å². The number of benzene rings is 2. The first-order valence-corrected chi connectivity index (χ1v) is 11.3. The van der Waals surface area contributed by atoms with Gasteiger partial charge < -0.3 is 24.9 Å². The van der Waals surface area contributed by atoms with Crippen molar-refractivity contribution < 1.29 is 24.6 Å². The van der Waals surface area contributed by atoms with Gasteiger partial charge in [-0.05, 0) is 60.9 Å². The first-order chi connectivity index (χ1) is 16.2. The van der Waals surface area contributed by atoms with Crippen molar-refractivity contribution in [1.29, 1.82) is 0 Å². The molecular weight excluding hydrogens is 434 g/mol. The minimum absolute atomic E-state index is 0.213. The Balaban J connectivity index is 0.000000481. The lowest BCUT2D eigenvalue weighted by atomic mass is 9.98. The molecule has 1 fully saturated rings. The fourth-order valence-electron chi connectivity index (χ4n) is 4.13. The van der Waals surface area contributed by atoms with Crippen LogP contribution in [0.25, 0.3) is 0 Å². The number of aliphatic carboxylic acids is 2. The number of allylic oxidation sites excluding steroid dienone is 1. The molecule has 8 heteroatoms. The quantitative estimate of drug-likeness (QED) is 0.670. The van der Waals surface area contributed by atoms with E-state index < -0.39 is 11.9 Å². The topological polar surface area (TPSA) is 101 Å². The molecule has 1 saturated heterocycles. The van der Waals surface area contributed by atoms with Crippen LogP contribution in [0.15, 0.2) is 54.7 Å². The molecule has 2 aliphatic rings. The molecule has 0 saturated carbocycles. The molecular formula is C26H31N3O5. The normalized spacial score (nSPS) is 15.6. The molecule has 8 nitrogen and oxygen atoms in total. The van der Waals surface area contributed by atoms with Crippen LogP contribution in [-0.2, 0) is 27.2 Å². The average molecular weight is 466 g/mol. The van der Waals surface area contributed by atoms with Crippen LogP contribution < -0.4 is 9.80 Å². The summed E-state index contributed by atoms with van der Waals surface area (Å²) in [5, 5.41) is 14.8. The number of nitrogens with zero attached hydrogens (tertiary/aromatic N) is 3. The maximum Gasteiger partial charge on any atom is 0.414 e. The fourth-order valence-corrected chi connectivity index (χ4v) is 4.13. The minimum Gasteiger partial charge on any atom is -0.473 e. The van der Waals surface area contributed by atoms with E-state index in [0.29, 0.717) is 6.42 Å². The molecule has 1 amide bonds. The van der Waals surface area contributed by atoms with Gasteiger partial charge in [0.05, 0.1) is 0 Å². The third kappa shape index (κ3) is 6.60. The van der Waals surface area contributed by atoms with Crippen LogP contribution in [0.1, 0.15) is 23.1 Å². The lowest BCUT2D eigenvalue weighted by Crippen LogP contribution is -2.44. The van der Waals surface area contributed by atoms with E-state index in [1.165, 1.54) is 22.4 Å². The Hall–Kier alpha value is -3.81. The molecule has 2 aliphatic heterocycles. The number of hydrogen-bond donors (Lipinski definition) is 2. The lowest BCUT2D eigenvalue weighted by Gasteiger charge is -2.35. The number of amides is 1. The van der Waals surface area contributed by atoms with Gasteiger partial charge >= 0.3 is 11.9 Å². The van der Waals surface area contributed by atoms with Crippen LogP contribution in [0.4, 0.5) is 11.4 Å². The SMILES string of the molecule is Cc1cccc(N2CCN(C=CCc3ccc4c(c3)CCC(=O)N4C)CC2)c1.O=C(O)C(=O)O. The number of carbonyl (C=O) groups excluding carboxylic acids is 1. The Bertz CT molecular complexity index is 1060. The Morgan fingerprint density at radius 3 is 2.32 bits per heavy atom. The molecule has 2 heterocycles. The van der Waals surface area contributed by atoms with Gasteiger partial charge in [-0.1, -0.05) is 30.3 Å². The summed E-state index contributed by atoms with van der Waals surface area (Å²) in [7, 11) is 1.87. The molecule has 34 heavy (non-hydrogen) atoms. The predicted molar refractivity (Wildman–Crippen MR) is 131 cm³/mol. The number of aryl methyl sites for hydroxylation is 2. The first-order valence-electron chi connectivity index (χ1n) is 11.3. The standard InChI is InChI=1S/C24H29N3O.C2H2O4/c1-19-5-3-7-22(17-19)27-15-13-26(14-16-27)12-4-6-20-8-10-23-21(18-20)9-11-24(28)25(23)2;3-1(4)2(5)6/h3-5,7-8,10,12,17-18H,6,9,11,13-16H2,1-2H3;(H,3,4)(H,5,6). The minimum atomic E-state index is -1.82. The fraction of sp³-hybridized carbons (Fsp3) is 0.346. The van der Waals surface area contributed by atoms with Crippen molar-refractivity contribution in [3.63, 3.8) is 0 Å². The van der Waals surface area contributed by atoms with Crippen molar-refractivity contribution in [3.05, 3.63) is 71.4 Å². The number of fused-ring (bicyclic) bond motifs is 1. The summed E-state index contributed by atoms with van der Waals surface area (Å²) in [4.78, 5) is 36.7. The molecule has 0 spiro atoms. The summed E-state index contributed by atoms with van der Waals surface area (Å²) in [6.07, 6.45) is 6.93. The van der Waals surface area contributed by atoms with Crippen molar-refractivity contribution in [2.45, 2.75) is 26.2 Å². The van der Waals surface area contributed by atoms with E-state index in [0.717, 1.165) is 44.7 Å². The number of carboxylic acid groups (broad SMARTS) is 2. The second-order valence-corrected chi connectivity index (χ2v) is 8.48. The smallest absolute Gasteiger partial charge is 0.414 e. The van der Waals surface area contributed by atoms with Gasteiger partial charge in [0.15, 0.2) is 0 Å². The lowest BCUT2D eigenvalue weighted by molar-refractivity contribution is -0.159. The van der Waals surface area contributed by atoms with Crippen LogP contribution in [-0.4, -0.2) is 66.2 Å². The zero-order valence-corrected chi connectivity index (χ0v) is 19.6. The van der Waals surface area contributed by atoms with E-state index in [1.807, 2.05) is 7.05 Å². The number of hydrogen-bond acceptors (Lipinski definition) is 5. The van der Waals surface area contributed by atoms with Crippen LogP contribution >= 0.6 is 0 Å². The molecule has 0 radical (unpaired) electrons. The van der Waals surface area contributed by atoms with Gasteiger partial charge in [-0.2, -0.15) is 0 Å². The van der Waals surface area contributed by atoms with E-state index in [1.54, 1.807) is 4.90 Å². The molecule has 0 bridgehead atoms. The molecule has 2 aromatic rings. The summed E-state index contributed by atoms with van der Waals surface area (Å²) < 4.78 is 0. The molecule has 0 unspecified atom stereocenters. The van der Waals surface area contributed by atoms with Gasteiger partial charge in [0.25, 0.3) is 0 Å². The molecule has 0 aromatic heterocycles.